The lowest BCUT2D eigenvalue weighted by molar-refractivity contribution is -0.173. The Morgan fingerprint density at radius 1 is 1.17 bits per heavy atom. The Morgan fingerprint density at radius 3 is 2.45 bits per heavy atom. The Labute approximate surface area is 169 Å². The molecule has 3 rings (SSSR count). The fraction of sp³-hybridized carbons (Fsp3) is 0.571. The van der Waals surface area contributed by atoms with E-state index in [4.69, 9.17) is 18.9 Å². The van der Waals surface area contributed by atoms with Gasteiger partial charge in [0.1, 0.15) is 12.1 Å². The summed E-state index contributed by atoms with van der Waals surface area (Å²) in [5.41, 5.74) is 0.421. The Bertz CT molecular complexity index is 764. The van der Waals surface area contributed by atoms with Crippen LogP contribution in [0.4, 0.5) is 0 Å². The Kier molecular flexibility index (Phi) is 6.24. The van der Waals surface area contributed by atoms with Crippen LogP contribution in [0.2, 0.25) is 0 Å². The van der Waals surface area contributed by atoms with Gasteiger partial charge in [-0.25, -0.2) is 4.79 Å². The summed E-state index contributed by atoms with van der Waals surface area (Å²) < 4.78 is 22.1. The number of nitrogens with one attached hydrogen (secondary N) is 1. The average molecular weight is 405 g/mol. The number of methoxy groups -OCH3 is 1. The molecule has 158 valence electrons. The van der Waals surface area contributed by atoms with Gasteiger partial charge in [-0.2, -0.15) is 0 Å². The molecule has 2 fully saturated rings. The number of hydrogen-bond donors (Lipinski definition) is 1. The molecule has 2 aliphatic rings. The summed E-state index contributed by atoms with van der Waals surface area (Å²) >= 11 is 0. The summed E-state index contributed by atoms with van der Waals surface area (Å²) in [6.45, 7) is 5.36. The highest BCUT2D eigenvalue weighted by atomic mass is 16.8. The summed E-state index contributed by atoms with van der Waals surface area (Å²) in [5, 5.41) is 2.78. The Morgan fingerprint density at radius 2 is 1.83 bits per heavy atom. The average Bonchev–Trinajstić information content (AvgIpc) is 3.19. The lowest BCUT2D eigenvalue weighted by Gasteiger charge is -2.28. The summed E-state index contributed by atoms with van der Waals surface area (Å²) in [5.74, 6) is -3.41. The van der Waals surface area contributed by atoms with Crippen molar-refractivity contribution in [3.63, 3.8) is 0 Å². The first-order valence-electron chi connectivity index (χ1n) is 9.73. The van der Waals surface area contributed by atoms with Crippen molar-refractivity contribution in [2.24, 2.45) is 11.8 Å². The van der Waals surface area contributed by atoms with Crippen LogP contribution in [0.25, 0.3) is 0 Å². The van der Waals surface area contributed by atoms with Gasteiger partial charge < -0.3 is 24.3 Å². The predicted octanol–water partition coefficient (Wildman–Crippen LogP) is 1.68. The van der Waals surface area contributed by atoms with Gasteiger partial charge in [-0.1, -0.05) is 18.2 Å². The molecule has 1 saturated carbocycles. The third kappa shape index (κ3) is 4.43. The van der Waals surface area contributed by atoms with E-state index in [2.05, 4.69) is 5.32 Å². The van der Waals surface area contributed by atoms with Crippen LogP contribution >= 0.6 is 0 Å². The molecule has 1 amide bonds. The van der Waals surface area contributed by atoms with Gasteiger partial charge in [-0.3, -0.25) is 9.59 Å². The van der Waals surface area contributed by atoms with Gasteiger partial charge in [0.25, 0.3) is 5.91 Å². The van der Waals surface area contributed by atoms with Crippen molar-refractivity contribution in [2.45, 2.75) is 51.2 Å². The van der Waals surface area contributed by atoms with E-state index >= 15 is 0 Å². The third-order valence-corrected chi connectivity index (χ3v) is 5.30. The molecule has 8 nitrogen and oxygen atoms in total. The molecule has 29 heavy (non-hydrogen) atoms. The fourth-order valence-electron chi connectivity index (χ4n) is 4.12. The van der Waals surface area contributed by atoms with Gasteiger partial charge in [0.2, 0.25) is 0 Å². The van der Waals surface area contributed by atoms with Crippen molar-refractivity contribution in [1.29, 1.82) is 0 Å². The van der Waals surface area contributed by atoms with Gasteiger partial charge in [0, 0.05) is 11.5 Å². The largest absolute Gasteiger partial charge is 0.469 e. The topological polar surface area (TPSA) is 100 Å². The van der Waals surface area contributed by atoms with Crippen molar-refractivity contribution in [1.82, 2.24) is 5.32 Å². The number of rotatable bonds is 6. The van der Waals surface area contributed by atoms with Crippen molar-refractivity contribution in [2.75, 3.05) is 13.7 Å². The first-order valence-corrected chi connectivity index (χ1v) is 9.73. The molecular formula is C21H27NO7. The standard InChI is InChI=1S/C21H27NO7/c1-5-27-20(25)15(22-18(23)12-9-7-6-8-10-12)13-11-14(19(24)26-4)17-16(13)28-21(2,3)29-17/h6-10,13-17H,5,11H2,1-4H3,(H,22,23)/t13-,14-,15-,16-,17+/m1/s1. The van der Waals surface area contributed by atoms with Crippen LogP contribution in [0.3, 0.4) is 0 Å². The van der Waals surface area contributed by atoms with Crippen molar-refractivity contribution >= 4 is 17.8 Å². The zero-order chi connectivity index (χ0) is 21.2. The fourth-order valence-corrected chi connectivity index (χ4v) is 4.12. The second kappa shape index (κ2) is 8.51. The van der Waals surface area contributed by atoms with Crippen LogP contribution in [-0.2, 0) is 28.5 Å². The molecule has 1 aliphatic heterocycles. The second-order valence-electron chi connectivity index (χ2n) is 7.66. The molecule has 1 heterocycles. The van der Waals surface area contributed by atoms with Crippen LogP contribution in [0.15, 0.2) is 30.3 Å². The Balaban J connectivity index is 1.89. The quantitative estimate of drug-likeness (QED) is 0.719. The number of amides is 1. The summed E-state index contributed by atoms with van der Waals surface area (Å²) in [4.78, 5) is 37.8. The SMILES string of the molecule is CCOC(=O)[C@H](NC(=O)c1ccccc1)[C@H]1C[C@@H](C(=O)OC)[C@@H]2OC(C)(C)O[C@H]12. The van der Waals surface area contributed by atoms with Crippen LogP contribution in [0, 0.1) is 11.8 Å². The minimum Gasteiger partial charge on any atom is -0.469 e. The van der Waals surface area contributed by atoms with Gasteiger partial charge >= 0.3 is 11.9 Å². The molecule has 1 N–H and O–H groups in total. The van der Waals surface area contributed by atoms with Crippen molar-refractivity contribution in [3.05, 3.63) is 35.9 Å². The monoisotopic (exact) mass is 405 g/mol. The number of ether oxygens (including phenoxy) is 4. The number of fused-ring (bicyclic) bond motifs is 1. The smallest absolute Gasteiger partial charge is 0.329 e. The maximum atomic E-state index is 12.7. The van der Waals surface area contributed by atoms with E-state index in [1.807, 2.05) is 0 Å². The normalized spacial score (nSPS) is 28.3. The minimum absolute atomic E-state index is 0.167. The molecule has 0 spiro atoms. The van der Waals surface area contributed by atoms with Gasteiger partial charge in [-0.15, -0.1) is 0 Å². The lowest BCUT2D eigenvalue weighted by atomic mass is 9.94. The van der Waals surface area contributed by atoms with Crippen molar-refractivity contribution < 1.29 is 33.3 Å². The maximum Gasteiger partial charge on any atom is 0.329 e. The number of hydrogen-bond acceptors (Lipinski definition) is 7. The molecule has 8 heteroatoms. The number of esters is 2. The number of benzene rings is 1. The van der Waals surface area contributed by atoms with Crippen LogP contribution < -0.4 is 5.32 Å². The Hall–Kier alpha value is -2.45. The van der Waals surface area contributed by atoms with Crippen molar-refractivity contribution in [3.8, 4) is 0 Å². The first kappa shape index (κ1) is 21.3. The molecule has 0 bridgehead atoms. The summed E-state index contributed by atoms with van der Waals surface area (Å²) in [7, 11) is 1.31. The molecule has 1 aromatic rings. The van der Waals surface area contributed by atoms with E-state index in [1.165, 1.54) is 7.11 Å². The van der Waals surface area contributed by atoms with Crippen LogP contribution in [0.1, 0.15) is 37.6 Å². The predicted molar refractivity (Wildman–Crippen MR) is 102 cm³/mol. The van der Waals surface area contributed by atoms with Gasteiger partial charge in [0.05, 0.1) is 25.7 Å². The molecule has 5 atom stereocenters. The molecule has 1 aromatic carbocycles. The first-order chi connectivity index (χ1) is 13.8. The van der Waals surface area contributed by atoms with E-state index < -0.39 is 53.7 Å². The van der Waals surface area contributed by atoms with Crippen LogP contribution in [0.5, 0.6) is 0 Å². The molecule has 0 aromatic heterocycles. The number of carbonyl (C=O) groups excluding carboxylic acids is 3. The van der Waals surface area contributed by atoms with E-state index in [0.717, 1.165) is 0 Å². The highest BCUT2D eigenvalue weighted by molar-refractivity contribution is 5.96. The lowest BCUT2D eigenvalue weighted by Crippen LogP contribution is -2.50. The van der Waals surface area contributed by atoms with Gasteiger partial charge in [0.15, 0.2) is 5.79 Å². The summed E-state index contributed by atoms with van der Waals surface area (Å²) in [6, 6.07) is 7.61. The highest BCUT2D eigenvalue weighted by Gasteiger charge is 2.59. The van der Waals surface area contributed by atoms with E-state index in [1.54, 1.807) is 51.1 Å². The molecule has 1 saturated heterocycles. The number of carbonyl (C=O) groups is 3. The van der Waals surface area contributed by atoms with E-state index in [9.17, 15) is 14.4 Å². The molecule has 0 radical (unpaired) electrons. The van der Waals surface area contributed by atoms with Gasteiger partial charge in [-0.05, 0) is 39.3 Å². The highest BCUT2D eigenvalue weighted by Crippen LogP contribution is 2.46. The third-order valence-electron chi connectivity index (χ3n) is 5.30. The molecule has 0 unspecified atom stereocenters. The second-order valence-corrected chi connectivity index (χ2v) is 7.66. The molecular weight excluding hydrogens is 378 g/mol. The maximum absolute atomic E-state index is 12.7. The van der Waals surface area contributed by atoms with E-state index in [-0.39, 0.29) is 13.0 Å². The summed E-state index contributed by atoms with van der Waals surface area (Å²) in [6.07, 6.45) is -0.844. The van der Waals surface area contributed by atoms with Crippen LogP contribution in [-0.4, -0.2) is 55.6 Å². The molecule has 1 aliphatic carbocycles. The zero-order valence-corrected chi connectivity index (χ0v) is 17.0. The zero-order valence-electron chi connectivity index (χ0n) is 17.0. The minimum atomic E-state index is -0.984. The van der Waals surface area contributed by atoms with E-state index in [0.29, 0.717) is 5.56 Å².